The van der Waals surface area contributed by atoms with E-state index in [0.29, 0.717) is 55.0 Å². The molecule has 1 atom stereocenters. The Morgan fingerprint density at radius 1 is 0.864 bits per heavy atom. The molecule has 0 aliphatic carbocycles. The van der Waals surface area contributed by atoms with Gasteiger partial charge in [0.15, 0.2) is 5.78 Å². The maximum Gasteiger partial charge on any atom is 0.328 e. The number of methoxy groups -OCH3 is 1. The largest absolute Gasteiger partial charge is 0.494 e. The number of ether oxygens (including phenoxy) is 2. The van der Waals surface area contributed by atoms with E-state index in [1.165, 1.54) is 7.11 Å². The van der Waals surface area contributed by atoms with Gasteiger partial charge in [0.1, 0.15) is 11.8 Å². The Balaban J connectivity index is 1.36. The zero-order chi connectivity index (χ0) is 31.3. The van der Waals surface area contributed by atoms with Crippen LogP contribution in [0, 0.1) is 6.92 Å². The Bertz CT molecular complexity index is 1540. The molecule has 7 nitrogen and oxygen atoms in total. The molecule has 0 unspecified atom stereocenters. The lowest BCUT2D eigenvalue weighted by Crippen LogP contribution is -2.33. The summed E-state index contributed by atoms with van der Waals surface area (Å²) in [6.45, 7) is 5.06. The number of carbonyl (C=O) groups is 3. The van der Waals surface area contributed by atoms with Crippen LogP contribution in [-0.4, -0.2) is 44.0 Å². The Morgan fingerprint density at radius 2 is 1.59 bits per heavy atom. The summed E-state index contributed by atoms with van der Waals surface area (Å²) in [4.78, 5) is 40.6. The van der Waals surface area contributed by atoms with Gasteiger partial charge in [-0.1, -0.05) is 73.7 Å². The van der Waals surface area contributed by atoms with Gasteiger partial charge in [-0.05, 0) is 67.3 Å². The number of rotatable bonds is 15. The second kappa shape index (κ2) is 16.1. The summed E-state index contributed by atoms with van der Waals surface area (Å²) in [6.07, 6.45) is 2.34. The molecule has 0 radical (unpaired) electrons. The molecule has 4 aromatic rings. The van der Waals surface area contributed by atoms with Crippen molar-refractivity contribution >= 4 is 29.0 Å². The summed E-state index contributed by atoms with van der Waals surface area (Å²) in [6, 6.07) is 31.1. The number of carbonyl (C=O) groups excluding carboxylic acids is 3. The topological polar surface area (TPSA) is 84.9 Å². The number of aryl methyl sites for hydroxylation is 1. The number of esters is 1. The number of ketones is 1. The lowest BCUT2D eigenvalue weighted by atomic mass is 10.00. The third-order valence-corrected chi connectivity index (χ3v) is 7.26. The van der Waals surface area contributed by atoms with Crippen molar-refractivity contribution in [3.8, 4) is 5.75 Å². The van der Waals surface area contributed by atoms with Gasteiger partial charge in [-0.2, -0.15) is 0 Å². The first kappa shape index (κ1) is 32.0. The predicted molar refractivity (Wildman–Crippen MR) is 174 cm³/mol. The standard InChI is InChI=1S/C37H40N2O5/c1-4-12-35(40)39(30-16-10-13-27(2)25-30)23-11-24-44-31-21-19-28(20-22-31)26-34(37(42)43-3)38-33-18-9-8-17-32(33)36(41)29-14-6-5-7-15-29/h5-10,13-22,25,34,38H,4,11-12,23-24,26H2,1-3H3/t34-/m0/s1. The molecule has 0 saturated heterocycles. The highest BCUT2D eigenvalue weighted by Crippen LogP contribution is 2.23. The number of nitrogens with zero attached hydrogens (tertiary/aromatic N) is 1. The number of nitrogens with one attached hydrogen (secondary N) is 1. The van der Waals surface area contributed by atoms with Crippen molar-refractivity contribution in [2.75, 3.05) is 30.5 Å². The summed E-state index contributed by atoms with van der Waals surface area (Å²) in [5.41, 5.74) is 4.55. The van der Waals surface area contributed by atoms with Gasteiger partial charge < -0.3 is 19.7 Å². The normalized spacial score (nSPS) is 11.3. The highest BCUT2D eigenvalue weighted by molar-refractivity contribution is 6.12. The van der Waals surface area contributed by atoms with Crippen LogP contribution in [0.25, 0.3) is 0 Å². The van der Waals surface area contributed by atoms with Gasteiger partial charge in [-0.25, -0.2) is 4.79 Å². The quantitative estimate of drug-likeness (QED) is 0.0907. The van der Waals surface area contributed by atoms with Gasteiger partial charge >= 0.3 is 5.97 Å². The van der Waals surface area contributed by atoms with Crippen LogP contribution < -0.4 is 15.0 Å². The molecule has 0 heterocycles. The predicted octanol–water partition coefficient (Wildman–Crippen LogP) is 7.02. The zero-order valence-electron chi connectivity index (χ0n) is 25.6. The highest BCUT2D eigenvalue weighted by Gasteiger charge is 2.23. The van der Waals surface area contributed by atoms with E-state index in [9.17, 15) is 14.4 Å². The molecule has 0 bridgehead atoms. The molecular weight excluding hydrogens is 552 g/mol. The molecule has 4 aromatic carbocycles. The van der Waals surface area contributed by atoms with E-state index in [1.807, 2.05) is 91.5 Å². The minimum absolute atomic E-state index is 0.114. The minimum Gasteiger partial charge on any atom is -0.494 e. The van der Waals surface area contributed by atoms with Crippen molar-refractivity contribution in [3.63, 3.8) is 0 Å². The SMILES string of the molecule is CCCC(=O)N(CCCOc1ccc(C[C@H](Nc2ccccc2C(=O)c2ccccc2)C(=O)OC)cc1)c1cccc(C)c1. The smallest absolute Gasteiger partial charge is 0.328 e. The number of para-hydroxylation sites is 1. The van der Waals surface area contributed by atoms with E-state index in [2.05, 4.69) is 5.32 Å². The monoisotopic (exact) mass is 592 g/mol. The van der Waals surface area contributed by atoms with Crippen LogP contribution >= 0.6 is 0 Å². The van der Waals surface area contributed by atoms with Crippen molar-refractivity contribution in [1.82, 2.24) is 0 Å². The van der Waals surface area contributed by atoms with E-state index in [0.717, 1.165) is 23.2 Å². The van der Waals surface area contributed by atoms with Gasteiger partial charge in [0.05, 0.1) is 13.7 Å². The van der Waals surface area contributed by atoms with E-state index in [4.69, 9.17) is 9.47 Å². The Morgan fingerprint density at radius 3 is 2.30 bits per heavy atom. The molecule has 0 saturated carbocycles. The second-order valence-corrected chi connectivity index (χ2v) is 10.6. The van der Waals surface area contributed by atoms with Gasteiger partial charge in [-0.3, -0.25) is 9.59 Å². The fourth-order valence-corrected chi connectivity index (χ4v) is 4.99. The lowest BCUT2D eigenvalue weighted by Gasteiger charge is -2.23. The maximum atomic E-state index is 13.2. The lowest BCUT2D eigenvalue weighted by molar-refractivity contribution is -0.141. The molecule has 7 heteroatoms. The third-order valence-electron chi connectivity index (χ3n) is 7.26. The summed E-state index contributed by atoms with van der Waals surface area (Å²) in [5, 5.41) is 3.24. The number of benzene rings is 4. The molecule has 0 aliphatic rings. The molecule has 228 valence electrons. The van der Waals surface area contributed by atoms with E-state index < -0.39 is 12.0 Å². The first-order chi connectivity index (χ1) is 21.4. The van der Waals surface area contributed by atoms with Crippen LogP contribution in [0.3, 0.4) is 0 Å². The summed E-state index contributed by atoms with van der Waals surface area (Å²) >= 11 is 0. The molecule has 1 amide bonds. The van der Waals surface area contributed by atoms with Gasteiger partial charge in [0.2, 0.25) is 5.91 Å². The van der Waals surface area contributed by atoms with Crippen molar-refractivity contribution in [1.29, 1.82) is 0 Å². The molecule has 0 aliphatic heterocycles. The van der Waals surface area contributed by atoms with E-state index in [1.54, 1.807) is 30.3 Å². The van der Waals surface area contributed by atoms with E-state index >= 15 is 0 Å². The van der Waals surface area contributed by atoms with Crippen molar-refractivity contribution in [2.45, 2.75) is 45.6 Å². The minimum atomic E-state index is -0.704. The fourth-order valence-electron chi connectivity index (χ4n) is 4.99. The van der Waals surface area contributed by atoms with Crippen molar-refractivity contribution < 1.29 is 23.9 Å². The Labute approximate surface area is 259 Å². The van der Waals surface area contributed by atoms with E-state index in [-0.39, 0.29) is 11.7 Å². The second-order valence-electron chi connectivity index (χ2n) is 10.6. The van der Waals surface area contributed by atoms with Gasteiger partial charge in [0.25, 0.3) is 0 Å². The first-order valence-corrected chi connectivity index (χ1v) is 15.0. The molecule has 0 spiro atoms. The molecular formula is C37H40N2O5. The average molecular weight is 593 g/mol. The number of amides is 1. The van der Waals surface area contributed by atoms with Crippen LogP contribution in [0.4, 0.5) is 11.4 Å². The molecule has 0 aromatic heterocycles. The van der Waals surface area contributed by atoms with Crippen LogP contribution in [0.15, 0.2) is 103 Å². The summed E-state index contributed by atoms with van der Waals surface area (Å²) < 4.78 is 11.1. The molecule has 0 fully saturated rings. The average Bonchev–Trinajstić information content (AvgIpc) is 3.05. The van der Waals surface area contributed by atoms with Gasteiger partial charge in [-0.15, -0.1) is 0 Å². The fraction of sp³-hybridized carbons (Fsp3) is 0.270. The number of hydrogen-bond donors (Lipinski definition) is 1. The third kappa shape index (κ3) is 8.80. The maximum absolute atomic E-state index is 13.2. The van der Waals surface area contributed by atoms with Crippen LogP contribution in [-0.2, 0) is 20.7 Å². The number of hydrogen-bond acceptors (Lipinski definition) is 6. The Kier molecular flexibility index (Phi) is 11.7. The molecule has 44 heavy (non-hydrogen) atoms. The number of anilines is 2. The first-order valence-electron chi connectivity index (χ1n) is 15.0. The van der Waals surface area contributed by atoms with Gasteiger partial charge in [0, 0.05) is 41.9 Å². The van der Waals surface area contributed by atoms with Crippen LogP contribution in [0.1, 0.15) is 53.2 Å². The molecule has 4 rings (SSSR count). The molecule has 1 N–H and O–H groups in total. The van der Waals surface area contributed by atoms with Crippen molar-refractivity contribution in [3.05, 3.63) is 125 Å². The summed E-state index contributed by atoms with van der Waals surface area (Å²) in [5.74, 6) is 0.263. The zero-order valence-corrected chi connectivity index (χ0v) is 25.6. The highest BCUT2D eigenvalue weighted by atomic mass is 16.5. The Hall–Kier alpha value is -4.91. The van der Waals surface area contributed by atoms with Crippen LogP contribution in [0.2, 0.25) is 0 Å². The summed E-state index contributed by atoms with van der Waals surface area (Å²) in [7, 11) is 1.35. The van der Waals surface area contributed by atoms with Crippen molar-refractivity contribution in [2.24, 2.45) is 0 Å². The van der Waals surface area contributed by atoms with Crippen LogP contribution in [0.5, 0.6) is 5.75 Å².